The Morgan fingerprint density at radius 2 is 1.25 bits per heavy atom. The van der Waals surface area contributed by atoms with Gasteiger partial charge >= 0.3 is 0 Å². The van der Waals surface area contributed by atoms with E-state index in [1.807, 2.05) is 0 Å². The Bertz CT molecular complexity index is 82.4. The molecule has 0 aliphatic rings. The lowest BCUT2D eigenvalue weighted by atomic mass is 10.5. The standard InChI is InChI=1S/C6H14O.C3H8O2.C2H6O2/c1-3-5-7-6-4-2;1-3(5)2-4;3-1-2-4/h3-6H2,1-2H3;3-5H,2H2,1H3;3-4H,1-2H2. The molecule has 0 amide bonds. The highest BCUT2D eigenvalue weighted by atomic mass is 16.5. The van der Waals surface area contributed by atoms with Crippen LogP contribution in [0.4, 0.5) is 0 Å². The van der Waals surface area contributed by atoms with Crippen LogP contribution in [-0.4, -0.2) is 59.6 Å². The Morgan fingerprint density at radius 3 is 1.38 bits per heavy atom. The lowest BCUT2D eigenvalue weighted by Gasteiger charge is -1.95. The van der Waals surface area contributed by atoms with E-state index in [1.54, 1.807) is 0 Å². The predicted molar refractivity (Wildman–Crippen MR) is 64.3 cm³/mol. The molecule has 0 bridgehead atoms. The molecule has 1 unspecified atom stereocenters. The zero-order chi connectivity index (χ0) is 13.2. The smallest absolute Gasteiger partial charge is 0.0742 e. The van der Waals surface area contributed by atoms with Crippen LogP contribution in [0.15, 0.2) is 0 Å². The summed E-state index contributed by atoms with van der Waals surface area (Å²) in [5, 5.41) is 31.3. The molecule has 0 heterocycles. The molecule has 0 saturated heterocycles. The molecule has 0 aliphatic carbocycles. The maximum atomic E-state index is 8.11. The molecule has 0 fully saturated rings. The summed E-state index contributed by atoms with van der Waals surface area (Å²) in [5.74, 6) is 0. The van der Waals surface area contributed by atoms with E-state index in [0.29, 0.717) is 0 Å². The van der Waals surface area contributed by atoms with E-state index in [9.17, 15) is 0 Å². The zero-order valence-electron chi connectivity index (χ0n) is 10.7. The SMILES string of the molecule is CC(O)CO.CCCOCCC.OCCO. The average Bonchev–Trinajstić information content (AvgIpc) is 2.31. The van der Waals surface area contributed by atoms with Gasteiger partial charge in [0.1, 0.15) is 0 Å². The normalized spacial score (nSPS) is 10.7. The summed E-state index contributed by atoms with van der Waals surface area (Å²) >= 11 is 0. The third kappa shape index (κ3) is 48.9. The minimum Gasteiger partial charge on any atom is -0.394 e. The van der Waals surface area contributed by atoms with Crippen LogP contribution in [0.5, 0.6) is 0 Å². The number of aliphatic hydroxyl groups is 4. The Morgan fingerprint density at radius 1 is 0.938 bits per heavy atom. The first-order valence-corrected chi connectivity index (χ1v) is 5.68. The van der Waals surface area contributed by atoms with Gasteiger partial charge < -0.3 is 25.2 Å². The summed E-state index contributed by atoms with van der Waals surface area (Å²) < 4.78 is 5.13. The van der Waals surface area contributed by atoms with Gasteiger partial charge in [-0.05, 0) is 19.8 Å². The summed E-state index contributed by atoms with van der Waals surface area (Å²) in [7, 11) is 0. The van der Waals surface area contributed by atoms with E-state index in [2.05, 4.69) is 13.8 Å². The molecule has 0 saturated carbocycles. The summed E-state index contributed by atoms with van der Waals surface area (Å²) in [5.41, 5.74) is 0. The Hall–Kier alpha value is -0.200. The van der Waals surface area contributed by atoms with E-state index < -0.39 is 6.10 Å². The van der Waals surface area contributed by atoms with Gasteiger partial charge in [0.25, 0.3) is 0 Å². The van der Waals surface area contributed by atoms with E-state index >= 15 is 0 Å². The summed E-state index contributed by atoms with van der Waals surface area (Å²) in [6.07, 6.45) is 1.72. The summed E-state index contributed by atoms with van der Waals surface area (Å²) in [4.78, 5) is 0. The average molecular weight is 240 g/mol. The molecule has 0 aromatic rings. The minimum atomic E-state index is -0.560. The molecule has 4 N–H and O–H groups in total. The molecule has 1 atom stereocenters. The lowest BCUT2D eigenvalue weighted by Crippen LogP contribution is -2.03. The van der Waals surface area contributed by atoms with Crippen molar-refractivity contribution in [3.05, 3.63) is 0 Å². The Kier molecular flexibility index (Phi) is 31.9. The van der Waals surface area contributed by atoms with Gasteiger partial charge in [0.15, 0.2) is 0 Å². The van der Waals surface area contributed by atoms with E-state index in [-0.39, 0.29) is 19.8 Å². The zero-order valence-corrected chi connectivity index (χ0v) is 10.7. The number of ether oxygens (including phenoxy) is 1. The third-order valence-electron chi connectivity index (χ3n) is 1.06. The van der Waals surface area contributed by atoms with Crippen molar-refractivity contribution in [1.29, 1.82) is 0 Å². The largest absolute Gasteiger partial charge is 0.394 e. The number of rotatable bonds is 6. The van der Waals surface area contributed by atoms with Gasteiger partial charge in [-0.3, -0.25) is 0 Å². The fourth-order valence-corrected chi connectivity index (χ4v) is 0.391. The van der Waals surface area contributed by atoms with Gasteiger partial charge in [0.2, 0.25) is 0 Å². The second kappa shape index (κ2) is 24.2. The van der Waals surface area contributed by atoms with Gasteiger partial charge in [-0.25, -0.2) is 0 Å². The molecule has 5 nitrogen and oxygen atoms in total. The summed E-state index contributed by atoms with van der Waals surface area (Å²) in [6, 6.07) is 0. The monoisotopic (exact) mass is 240 g/mol. The highest BCUT2D eigenvalue weighted by molar-refractivity contribution is 4.34. The molecule has 0 aliphatic heterocycles. The van der Waals surface area contributed by atoms with Gasteiger partial charge in [-0.2, -0.15) is 0 Å². The van der Waals surface area contributed by atoms with E-state index in [4.69, 9.17) is 25.2 Å². The molecular weight excluding hydrogens is 212 g/mol. The molecule has 5 heteroatoms. The van der Waals surface area contributed by atoms with E-state index in [1.165, 1.54) is 6.92 Å². The van der Waals surface area contributed by atoms with Crippen molar-refractivity contribution >= 4 is 0 Å². The Labute approximate surface area is 98.7 Å². The first-order chi connectivity index (χ1) is 7.60. The number of aliphatic hydroxyl groups excluding tert-OH is 4. The van der Waals surface area contributed by atoms with Crippen molar-refractivity contribution < 1.29 is 25.2 Å². The van der Waals surface area contributed by atoms with Crippen molar-refractivity contribution in [3.63, 3.8) is 0 Å². The highest BCUT2D eigenvalue weighted by Gasteiger charge is 1.83. The Balaban J connectivity index is -0.000000166. The van der Waals surface area contributed by atoms with Crippen LogP contribution in [0.25, 0.3) is 0 Å². The highest BCUT2D eigenvalue weighted by Crippen LogP contribution is 1.81. The number of hydrogen-bond donors (Lipinski definition) is 4. The van der Waals surface area contributed by atoms with Crippen molar-refractivity contribution in [3.8, 4) is 0 Å². The first kappa shape index (κ1) is 21.1. The van der Waals surface area contributed by atoms with Crippen LogP contribution >= 0.6 is 0 Å². The van der Waals surface area contributed by atoms with Gasteiger partial charge in [-0.15, -0.1) is 0 Å². The number of hydrogen-bond acceptors (Lipinski definition) is 5. The fraction of sp³-hybridized carbons (Fsp3) is 1.00. The molecule has 0 aromatic carbocycles. The quantitative estimate of drug-likeness (QED) is 0.496. The van der Waals surface area contributed by atoms with Crippen molar-refractivity contribution in [2.45, 2.75) is 39.7 Å². The molecular formula is C11H28O5. The molecule has 0 aromatic heterocycles. The van der Waals surface area contributed by atoms with Gasteiger partial charge in [0.05, 0.1) is 25.9 Å². The minimum absolute atomic E-state index is 0.125. The molecule has 0 rings (SSSR count). The van der Waals surface area contributed by atoms with Gasteiger partial charge in [0, 0.05) is 13.2 Å². The topological polar surface area (TPSA) is 90.2 Å². The van der Waals surface area contributed by atoms with Crippen LogP contribution in [0.3, 0.4) is 0 Å². The van der Waals surface area contributed by atoms with Crippen molar-refractivity contribution in [1.82, 2.24) is 0 Å². The van der Waals surface area contributed by atoms with Crippen LogP contribution in [0.2, 0.25) is 0 Å². The molecule has 16 heavy (non-hydrogen) atoms. The lowest BCUT2D eigenvalue weighted by molar-refractivity contribution is 0.110. The third-order valence-corrected chi connectivity index (χ3v) is 1.06. The van der Waals surface area contributed by atoms with E-state index in [0.717, 1.165) is 26.1 Å². The van der Waals surface area contributed by atoms with Crippen molar-refractivity contribution in [2.24, 2.45) is 0 Å². The van der Waals surface area contributed by atoms with Gasteiger partial charge in [-0.1, -0.05) is 13.8 Å². The summed E-state index contributed by atoms with van der Waals surface area (Å²) in [6.45, 7) is 7.23. The van der Waals surface area contributed by atoms with Crippen LogP contribution in [-0.2, 0) is 4.74 Å². The molecule has 0 spiro atoms. The second-order valence-electron chi connectivity index (χ2n) is 3.09. The molecule has 0 radical (unpaired) electrons. The van der Waals surface area contributed by atoms with Crippen LogP contribution in [0, 0.1) is 0 Å². The van der Waals surface area contributed by atoms with Crippen LogP contribution < -0.4 is 0 Å². The van der Waals surface area contributed by atoms with Crippen molar-refractivity contribution in [2.75, 3.05) is 33.0 Å². The predicted octanol–water partition coefficient (Wildman–Crippen LogP) is 0.153. The first-order valence-electron chi connectivity index (χ1n) is 5.68. The maximum Gasteiger partial charge on any atom is 0.0742 e. The molecule has 102 valence electrons. The second-order valence-corrected chi connectivity index (χ2v) is 3.09. The fourth-order valence-electron chi connectivity index (χ4n) is 0.391. The maximum absolute atomic E-state index is 8.11. The van der Waals surface area contributed by atoms with Crippen LogP contribution in [0.1, 0.15) is 33.6 Å².